The normalized spacial score (nSPS) is 10.9. The largest absolute Gasteiger partial charge is 0.487 e. The van der Waals surface area contributed by atoms with Gasteiger partial charge in [0.05, 0.1) is 11.1 Å². The van der Waals surface area contributed by atoms with Crippen LogP contribution in [0, 0.1) is 6.92 Å². The van der Waals surface area contributed by atoms with Crippen molar-refractivity contribution in [1.82, 2.24) is 9.55 Å². The fourth-order valence-corrected chi connectivity index (χ4v) is 2.57. The number of fused-ring (bicyclic) bond motifs is 1. The maximum atomic E-state index is 11.4. The van der Waals surface area contributed by atoms with E-state index >= 15 is 0 Å². The van der Waals surface area contributed by atoms with Gasteiger partial charge < -0.3 is 19.1 Å². The molecule has 1 N–H and O–H groups in total. The van der Waals surface area contributed by atoms with Crippen molar-refractivity contribution in [1.29, 1.82) is 0 Å². The van der Waals surface area contributed by atoms with Crippen molar-refractivity contribution in [2.45, 2.75) is 20.3 Å². The molecule has 0 saturated carbocycles. The van der Waals surface area contributed by atoms with Gasteiger partial charge in [0, 0.05) is 7.11 Å². The number of ether oxygens (including phenoxy) is 2. The van der Waals surface area contributed by atoms with E-state index in [1.165, 1.54) is 6.07 Å². The van der Waals surface area contributed by atoms with Gasteiger partial charge >= 0.3 is 5.97 Å². The standard InChI is InChI=1S/C18H18N2O4/c1-12-19-17-15(20(12)11-23-2)8-14(18(21)22)9-16(17)24-10-13-6-4-3-5-7-13/h3-9H,10-11H2,1-2H3,(H,21,22). The first-order valence-electron chi connectivity index (χ1n) is 7.50. The van der Waals surface area contributed by atoms with E-state index in [0.717, 1.165) is 11.4 Å². The molecule has 2 aromatic carbocycles. The maximum Gasteiger partial charge on any atom is 0.335 e. The van der Waals surface area contributed by atoms with Crippen LogP contribution in [0.1, 0.15) is 21.7 Å². The number of methoxy groups -OCH3 is 1. The highest BCUT2D eigenvalue weighted by atomic mass is 16.5. The average Bonchev–Trinajstić information content (AvgIpc) is 2.90. The quantitative estimate of drug-likeness (QED) is 0.753. The molecule has 0 spiro atoms. The minimum absolute atomic E-state index is 0.155. The van der Waals surface area contributed by atoms with Gasteiger partial charge in [-0.25, -0.2) is 9.78 Å². The molecule has 0 bridgehead atoms. The lowest BCUT2D eigenvalue weighted by atomic mass is 10.2. The van der Waals surface area contributed by atoms with Gasteiger partial charge in [0.2, 0.25) is 0 Å². The molecule has 1 aromatic heterocycles. The molecular weight excluding hydrogens is 308 g/mol. The Kier molecular flexibility index (Phi) is 4.48. The Morgan fingerprint density at radius 1 is 1.25 bits per heavy atom. The van der Waals surface area contributed by atoms with Crippen LogP contribution in [-0.4, -0.2) is 27.7 Å². The van der Waals surface area contributed by atoms with Crippen molar-refractivity contribution in [3.05, 3.63) is 59.4 Å². The third-order valence-corrected chi connectivity index (χ3v) is 3.75. The van der Waals surface area contributed by atoms with E-state index < -0.39 is 5.97 Å². The van der Waals surface area contributed by atoms with Crippen LogP contribution >= 0.6 is 0 Å². The van der Waals surface area contributed by atoms with Crippen molar-refractivity contribution >= 4 is 17.0 Å². The van der Waals surface area contributed by atoms with E-state index in [-0.39, 0.29) is 5.56 Å². The third-order valence-electron chi connectivity index (χ3n) is 3.75. The second kappa shape index (κ2) is 6.72. The zero-order valence-electron chi connectivity index (χ0n) is 13.5. The summed E-state index contributed by atoms with van der Waals surface area (Å²) in [7, 11) is 1.58. The summed E-state index contributed by atoms with van der Waals surface area (Å²) >= 11 is 0. The molecule has 0 fully saturated rings. The second-order valence-corrected chi connectivity index (χ2v) is 5.43. The summed E-state index contributed by atoms with van der Waals surface area (Å²) < 4.78 is 12.9. The number of hydrogen-bond acceptors (Lipinski definition) is 4. The van der Waals surface area contributed by atoms with E-state index in [1.807, 2.05) is 41.8 Å². The Balaban J connectivity index is 2.04. The highest BCUT2D eigenvalue weighted by Crippen LogP contribution is 2.29. The lowest BCUT2D eigenvalue weighted by Gasteiger charge is -2.09. The zero-order chi connectivity index (χ0) is 17.1. The molecule has 124 valence electrons. The lowest BCUT2D eigenvalue weighted by Crippen LogP contribution is -2.04. The molecule has 6 heteroatoms. The molecule has 1 heterocycles. The first kappa shape index (κ1) is 16.0. The number of imidazole rings is 1. The Labute approximate surface area is 139 Å². The Morgan fingerprint density at radius 3 is 2.67 bits per heavy atom. The Hall–Kier alpha value is -2.86. The molecule has 0 aliphatic carbocycles. The first-order valence-corrected chi connectivity index (χ1v) is 7.50. The molecule has 0 amide bonds. The topological polar surface area (TPSA) is 73.6 Å². The number of rotatable bonds is 6. The number of aromatic carboxylic acids is 1. The summed E-state index contributed by atoms with van der Waals surface area (Å²) in [6, 6.07) is 12.8. The Morgan fingerprint density at radius 2 is 2.00 bits per heavy atom. The fraction of sp³-hybridized carbons (Fsp3) is 0.222. The van der Waals surface area contributed by atoms with Crippen LogP contribution in [0.5, 0.6) is 5.75 Å². The van der Waals surface area contributed by atoms with Crippen molar-refractivity contribution in [2.75, 3.05) is 7.11 Å². The molecule has 0 radical (unpaired) electrons. The maximum absolute atomic E-state index is 11.4. The number of carboxylic acids is 1. The molecule has 3 rings (SSSR count). The molecule has 0 aliphatic heterocycles. The van der Waals surface area contributed by atoms with Gasteiger partial charge in [-0.1, -0.05) is 30.3 Å². The van der Waals surface area contributed by atoms with E-state index in [0.29, 0.717) is 30.1 Å². The molecule has 0 unspecified atom stereocenters. The van der Waals surface area contributed by atoms with Gasteiger partial charge in [-0.15, -0.1) is 0 Å². The van der Waals surface area contributed by atoms with E-state index in [4.69, 9.17) is 9.47 Å². The number of aryl methyl sites for hydroxylation is 1. The first-order chi connectivity index (χ1) is 11.6. The van der Waals surface area contributed by atoms with Gasteiger partial charge in [-0.2, -0.15) is 0 Å². The third kappa shape index (κ3) is 3.09. The monoisotopic (exact) mass is 326 g/mol. The van der Waals surface area contributed by atoms with Crippen LogP contribution in [0.15, 0.2) is 42.5 Å². The number of nitrogens with zero attached hydrogens (tertiary/aromatic N) is 2. The minimum Gasteiger partial charge on any atom is -0.487 e. The van der Waals surface area contributed by atoms with Crippen molar-refractivity contribution in [3.8, 4) is 5.75 Å². The predicted molar refractivity (Wildman–Crippen MR) is 89.2 cm³/mol. The molecule has 3 aromatic rings. The number of aromatic nitrogens is 2. The van der Waals surface area contributed by atoms with E-state index in [9.17, 15) is 9.90 Å². The fourth-order valence-electron chi connectivity index (χ4n) is 2.57. The number of carbonyl (C=O) groups is 1. The summed E-state index contributed by atoms with van der Waals surface area (Å²) in [5.41, 5.74) is 2.46. The summed E-state index contributed by atoms with van der Waals surface area (Å²) in [6.45, 7) is 2.49. The summed E-state index contributed by atoms with van der Waals surface area (Å²) in [4.78, 5) is 15.9. The second-order valence-electron chi connectivity index (χ2n) is 5.43. The molecule has 0 aliphatic rings. The van der Waals surface area contributed by atoms with Gasteiger partial charge in [-0.3, -0.25) is 0 Å². The SMILES string of the molecule is COCn1c(C)nc2c(OCc3ccccc3)cc(C(=O)O)cc21. The molecule has 0 saturated heterocycles. The van der Waals surface area contributed by atoms with E-state index in [1.54, 1.807) is 13.2 Å². The number of carboxylic acid groups (broad SMARTS) is 1. The smallest absolute Gasteiger partial charge is 0.335 e. The van der Waals surface area contributed by atoms with Gasteiger partial charge in [0.25, 0.3) is 0 Å². The lowest BCUT2D eigenvalue weighted by molar-refractivity contribution is 0.0696. The van der Waals surface area contributed by atoms with E-state index in [2.05, 4.69) is 4.98 Å². The van der Waals surface area contributed by atoms with Gasteiger partial charge in [-0.05, 0) is 24.6 Å². The summed E-state index contributed by atoms with van der Waals surface area (Å²) in [5, 5.41) is 9.37. The number of hydrogen-bond donors (Lipinski definition) is 1. The molecule has 24 heavy (non-hydrogen) atoms. The van der Waals surface area contributed by atoms with Crippen LogP contribution in [0.3, 0.4) is 0 Å². The molecule has 6 nitrogen and oxygen atoms in total. The van der Waals surface area contributed by atoms with Crippen LogP contribution < -0.4 is 4.74 Å². The van der Waals surface area contributed by atoms with Crippen LogP contribution in [-0.2, 0) is 18.1 Å². The average molecular weight is 326 g/mol. The highest BCUT2D eigenvalue weighted by molar-refractivity contribution is 5.95. The predicted octanol–water partition coefficient (Wildman–Crippen LogP) is 3.23. The van der Waals surface area contributed by atoms with Crippen molar-refractivity contribution < 1.29 is 19.4 Å². The van der Waals surface area contributed by atoms with Gasteiger partial charge in [0.15, 0.2) is 0 Å². The summed E-state index contributed by atoms with van der Waals surface area (Å²) in [6.07, 6.45) is 0. The van der Waals surface area contributed by atoms with Crippen LogP contribution in [0.2, 0.25) is 0 Å². The number of benzene rings is 2. The summed E-state index contributed by atoms with van der Waals surface area (Å²) in [5.74, 6) is 0.176. The highest BCUT2D eigenvalue weighted by Gasteiger charge is 2.16. The van der Waals surface area contributed by atoms with Crippen LogP contribution in [0.25, 0.3) is 11.0 Å². The Bertz CT molecular complexity index is 872. The van der Waals surface area contributed by atoms with Crippen LogP contribution in [0.4, 0.5) is 0 Å². The zero-order valence-corrected chi connectivity index (χ0v) is 13.5. The van der Waals surface area contributed by atoms with Crippen molar-refractivity contribution in [3.63, 3.8) is 0 Å². The molecule has 0 atom stereocenters. The minimum atomic E-state index is -1.01. The van der Waals surface area contributed by atoms with Gasteiger partial charge in [0.1, 0.15) is 30.4 Å². The molecular formula is C18H18N2O4. The van der Waals surface area contributed by atoms with Crippen molar-refractivity contribution in [2.24, 2.45) is 0 Å².